The van der Waals surface area contributed by atoms with Gasteiger partial charge in [-0.2, -0.15) is 0 Å². The highest BCUT2D eigenvalue weighted by atomic mass is 19.1. The quantitative estimate of drug-likeness (QED) is 0.836. The number of amides is 4. The van der Waals surface area contributed by atoms with E-state index >= 15 is 0 Å². The summed E-state index contributed by atoms with van der Waals surface area (Å²) in [5.74, 6) is -1.45. The Morgan fingerprint density at radius 1 is 1.33 bits per heavy atom. The van der Waals surface area contributed by atoms with E-state index in [1.54, 1.807) is 12.1 Å². The van der Waals surface area contributed by atoms with Crippen molar-refractivity contribution < 1.29 is 23.2 Å². The maximum absolute atomic E-state index is 13.1. The molecule has 1 aromatic heterocycles. The molecule has 2 heterocycles. The van der Waals surface area contributed by atoms with Gasteiger partial charge in [0.05, 0.1) is 6.26 Å². The van der Waals surface area contributed by atoms with Gasteiger partial charge in [0.25, 0.3) is 5.91 Å². The summed E-state index contributed by atoms with van der Waals surface area (Å²) in [5, 5.41) is 4.95. The largest absolute Gasteiger partial charge is 0.466 e. The number of hydrogen-bond donors (Lipinski definition) is 2. The number of anilines is 1. The number of halogens is 1. The first kappa shape index (κ1) is 15.7. The lowest BCUT2D eigenvalue weighted by molar-refractivity contribution is -0.134. The average molecular weight is 331 g/mol. The fraction of sp³-hybridized carbons (Fsp3) is 0.188. The Morgan fingerprint density at radius 3 is 2.79 bits per heavy atom. The summed E-state index contributed by atoms with van der Waals surface area (Å²) in [5.41, 5.74) is -1.12. The van der Waals surface area contributed by atoms with Crippen molar-refractivity contribution >= 4 is 23.5 Å². The molecule has 0 bridgehead atoms. The number of urea groups is 1. The molecule has 1 aliphatic heterocycles. The van der Waals surface area contributed by atoms with Gasteiger partial charge in [-0.3, -0.25) is 14.5 Å². The third kappa shape index (κ3) is 2.73. The third-order valence-electron chi connectivity index (χ3n) is 3.70. The van der Waals surface area contributed by atoms with Crippen molar-refractivity contribution in [2.45, 2.75) is 12.5 Å². The second-order valence-corrected chi connectivity index (χ2v) is 5.48. The molecule has 0 radical (unpaired) electrons. The molecular formula is C16H14FN3O4. The molecular weight excluding hydrogens is 317 g/mol. The van der Waals surface area contributed by atoms with Crippen LogP contribution in [0.5, 0.6) is 0 Å². The molecule has 1 atom stereocenters. The highest BCUT2D eigenvalue weighted by Gasteiger charge is 2.51. The molecule has 1 aromatic carbocycles. The number of nitrogens with one attached hydrogen (secondary N) is 2. The molecule has 1 aliphatic rings. The Labute approximate surface area is 136 Å². The van der Waals surface area contributed by atoms with E-state index in [0.717, 1.165) is 11.0 Å². The first-order valence-corrected chi connectivity index (χ1v) is 7.13. The number of nitrogens with zero attached hydrogens (tertiary/aromatic N) is 1. The van der Waals surface area contributed by atoms with Crippen LogP contribution in [-0.2, 0) is 15.1 Å². The van der Waals surface area contributed by atoms with Gasteiger partial charge in [0.15, 0.2) is 5.54 Å². The molecule has 2 N–H and O–H groups in total. The SMILES string of the molecule is C[C@]1(c2ccco2)NC(=O)N(CC(=O)Nc2cccc(F)c2)C1=O. The van der Waals surface area contributed by atoms with Crippen molar-refractivity contribution in [2.24, 2.45) is 0 Å². The zero-order valence-electron chi connectivity index (χ0n) is 12.7. The summed E-state index contributed by atoms with van der Waals surface area (Å²) >= 11 is 0. The van der Waals surface area contributed by atoms with E-state index < -0.39 is 35.7 Å². The Balaban J connectivity index is 1.72. The van der Waals surface area contributed by atoms with Crippen LogP contribution in [0.4, 0.5) is 14.9 Å². The number of rotatable bonds is 4. The van der Waals surface area contributed by atoms with Crippen LogP contribution < -0.4 is 10.6 Å². The van der Waals surface area contributed by atoms with Gasteiger partial charge in [0.2, 0.25) is 5.91 Å². The molecule has 3 rings (SSSR count). The number of carbonyl (C=O) groups excluding carboxylic acids is 3. The first-order valence-electron chi connectivity index (χ1n) is 7.13. The van der Waals surface area contributed by atoms with Gasteiger partial charge in [-0.15, -0.1) is 0 Å². The highest BCUT2D eigenvalue weighted by Crippen LogP contribution is 2.28. The molecule has 124 valence electrons. The van der Waals surface area contributed by atoms with E-state index in [0.29, 0.717) is 0 Å². The summed E-state index contributed by atoms with van der Waals surface area (Å²) in [6.45, 7) is 1.01. The van der Waals surface area contributed by atoms with Crippen LogP contribution in [0.2, 0.25) is 0 Å². The van der Waals surface area contributed by atoms with Crippen molar-refractivity contribution in [1.29, 1.82) is 0 Å². The van der Waals surface area contributed by atoms with E-state index in [1.807, 2.05) is 0 Å². The normalized spacial score (nSPS) is 20.2. The van der Waals surface area contributed by atoms with Crippen LogP contribution in [0.3, 0.4) is 0 Å². The molecule has 24 heavy (non-hydrogen) atoms. The lowest BCUT2D eigenvalue weighted by atomic mass is 9.99. The van der Waals surface area contributed by atoms with E-state index in [1.165, 1.54) is 31.4 Å². The van der Waals surface area contributed by atoms with Crippen LogP contribution in [-0.4, -0.2) is 29.3 Å². The topological polar surface area (TPSA) is 91.7 Å². The third-order valence-corrected chi connectivity index (χ3v) is 3.70. The molecule has 1 fully saturated rings. The second kappa shape index (κ2) is 5.80. The van der Waals surface area contributed by atoms with Crippen LogP contribution in [0.15, 0.2) is 47.1 Å². The molecule has 7 nitrogen and oxygen atoms in total. The molecule has 4 amide bonds. The monoisotopic (exact) mass is 331 g/mol. The van der Waals surface area contributed by atoms with Crippen LogP contribution in [0.25, 0.3) is 0 Å². The van der Waals surface area contributed by atoms with E-state index in [2.05, 4.69) is 10.6 Å². The second-order valence-electron chi connectivity index (χ2n) is 5.48. The Hall–Kier alpha value is -3.16. The van der Waals surface area contributed by atoms with Gasteiger partial charge >= 0.3 is 6.03 Å². The zero-order chi connectivity index (χ0) is 17.3. The minimum Gasteiger partial charge on any atom is -0.466 e. The smallest absolute Gasteiger partial charge is 0.325 e. The predicted molar refractivity (Wildman–Crippen MR) is 81.3 cm³/mol. The maximum Gasteiger partial charge on any atom is 0.325 e. The molecule has 2 aromatic rings. The summed E-state index contributed by atoms with van der Waals surface area (Å²) in [4.78, 5) is 37.4. The van der Waals surface area contributed by atoms with Gasteiger partial charge in [-0.1, -0.05) is 6.07 Å². The Kier molecular flexibility index (Phi) is 3.80. The van der Waals surface area contributed by atoms with Crippen molar-refractivity contribution in [3.63, 3.8) is 0 Å². The molecule has 0 aliphatic carbocycles. The molecule has 0 spiro atoms. The van der Waals surface area contributed by atoms with Crippen molar-refractivity contribution in [3.8, 4) is 0 Å². The van der Waals surface area contributed by atoms with E-state index in [-0.39, 0.29) is 11.4 Å². The van der Waals surface area contributed by atoms with Crippen LogP contribution in [0.1, 0.15) is 12.7 Å². The van der Waals surface area contributed by atoms with Crippen molar-refractivity contribution in [3.05, 3.63) is 54.2 Å². The fourth-order valence-electron chi connectivity index (χ4n) is 2.48. The lowest BCUT2D eigenvalue weighted by Gasteiger charge is -2.18. The standard InChI is InChI=1S/C16H14FN3O4/c1-16(12-6-3-7-24-12)14(22)20(15(23)19-16)9-13(21)18-11-5-2-4-10(17)8-11/h2-8H,9H2,1H3,(H,18,21)(H,19,23)/t16-/m1/s1. The van der Waals surface area contributed by atoms with Gasteiger partial charge in [0.1, 0.15) is 18.1 Å². The van der Waals surface area contributed by atoms with Crippen molar-refractivity contribution in [1.82, 2.24) is 10.2 Å². The summed E-state index contributed by atoms with van der Waals surface area (Å²) in [7, 11) is 0. The summed E-state index contributed by atoms with van der Waals surface area (Å²) < 4.78 is 18.3. The van der Waals surface area contributed by atoms with Gasteiger partial charge < -0.3 is 15.1 Å². The Morgan fingerprint density at radius 2 is 2.12 bits per heavy atom. The molecule has 0 saturated carbocycles. The first-order chi connectivity index (χ1) is 11.4. The Bertz CT molecular complexity index is 805. The molecule has 8 heteroatoms. The summed E-state index contributed by atoms with van der Waals surface area (Å²) in [6, 6.07) is 7.77. The van der Waals surface area contributed by atoms with Crippen molar-refractivity contribution in [2.75, 3.05) is 11.9 Å². The number of hydrogen-bond acceptors (Lipinski definition) is 4. The predicted octanol–water partition coefficient (Wildman–Crippen LogP) is 1.82. The minimum atomic E-state index is -1.36. The number of furan rings is 1. The number of benzene rings is 1. The van der Waals surface area contributed by atoms with Gasteiger partial charge in [-0.25, -0.2) is 9.18 Å². The summed E-state index contributed by atoms with van der Waals surface area (Å²) in [6.07, 6.45) is 1.39. The lowest BCUT2D eigenvalue weighted by Crippen LogP contribution is -2.41. The number of carbonyl (C=O) groups is 3. The van der Waals surface area contributed by atoms with Gasteiger partial charge in [-0.05, 0) is 37.3 Å². The molecule has 0 unspecified atom stereocenters. The fourth-order valence-corrected chi connectivity index (χ4v) is 2.48. The number of imide groups is 1. The highest BCUT2D eigenvalue weighted by molar-refractivity contribution is 6.09. The average Bonchev–Trinajstić information content (AvgIpc) is 3.12. The molecule has 1 saturated heterocycles. The maximum atomic E-state index is 13.1. The zero-order valence-corrected chi connectivity index (χ0v) is 12.7. The van der Waals surface area contributed by atoms with Crippen LogP contribution in [0, 0.1) is 5.82 Å². The minimum absolute atomic E-state index is 0.237. The van der Waals surface area contributed by atoms with Gasteiger partial charge in [0, 0.05) is 5.69 Å². The van der Waals surface area contributed by atoms with E-state index in [4.69, 9.17) is 4.42 Å². The van der Waals surface area contributed by atoms with Crippen LogP contribution >= 0.6 is 0 Å². The van der Waals surface area contributed by atoms with E-state index in [9.17, 15) is 18.8 Å².